The number of rotatable bonds is 9. The summed E-state index contributed by atoms with van der Waals surface area (Å²) in [6.45, 7) is 1.25. The molecule has 2 aromatic carbocycles. The van der Waals surface area contributed by atoms with Crippen molar-refractivity contribution in [1.29, 1.82) is 0 Å². The summed E-state index contributed by atoms with van der Waals surface area (Å²) in [6, 6.07) is 6.42. The van der Waals surface area contributed by atoms with Gasteiger partial charge in [0, 0.05) is 37.2 Å². The van der Waals surface area contributed by atoms with Gasteiger partial charge in [0.15, 0.2) is 5.82 Å². The lowest BCUT2D eigenvalue weighted by atomic mass is 10.0. The Hall–Kier alpha value is -4.26. The monoisotopic (exact) mass is 548 g/mol. The number of aromatic nitrogens is 3. The van der Waals surface area contributed by atoms with Gasteiger partial charge in [-0.05, 0) is 55.0 Å². The molecule has 2 heterocycles. The average molecular weight is 549 g/mol. The summed E-state index contributed by atoms with van der Waals surface area (Å²) in [5.74, 6) is -6.32. The third-order valence-corrected chi connectivity index (χ3v) is 7.47. The molecule has 38 heavy (non-hydrogen) atoms. The molecule has 0 saturated carbocycles. The van der Waals surface area contributed by atoms with Gasteiger partial charge in [-0.3, -0.25) is 18.8 Å². The van der Waals surface area contributed by atoms with Gasteiger partial charge in [-0.25, -0.2) is 26.0 Å². The number of hydrogen-bond donors (Lipinski definition) is 1. The number of carboxylic acid groups (broad SMARTS) is 1. The molecule has 0 fully saturated rings. The molecule has 0 bridgehead atoms. The van der Waals surface area contributed by atoms with Crippen molar-refractivity contribution < 1.29 is 35.9 Å². The first-order chi connectivity index (χ1) is 18.0. The fourth-order valence-corrected chi connectivity index (χ4v) is 5.37. The molecule has 0 spiro atoms. The van der Waals surface area contributed by atoms with Gasteiger partial charge in [-0.2, -0.15) is 5.10 Å². The summed E-state index contributed by atoms with van der Waals surface area (Å²) in [5.41, 5.74) is -0.756. The van der Waals surface area contributed by atoms with E-state index in [0.717, 1.165) is 12.1 Å². The Morgan fingerprint density at radius 2 is 1.71 bits per heavy atom. The lowest BCUT2D eigenvalue weighted by Crippen LogP contribution is -2.34. The Balaban J connectivity index is 1.95. The van der Waals surface area contributed by atoms with Crippen LogP contribution in [0.15, 0.2) is 66.0 Å². The number of pyridine rings is 1. The van der Waals surface area contributed by atoms with E-state index >= 15 is 8.78 Å². The molecule has 2 aromatic heterocycles. The molecule has 1 N–H and O–H groups in total. The Kier molecular flexibility index (Phi) is 7.49. The first-order valence-corrected chi connectivity index (χ1v) is 12.6. The SMILES string of the molecule is CCn1cc(-c2ccncc2)c(-c2c(F)ccc(N(CCC(=O)O)S(=O)(=O)c3cc(F)ccc3F)c2F)n1. The van der Waals surface area contributed by atoms with E-state index in [-0.39, 0.29) is 10.00 Å². The minimum atomic E-state index is -5.04. The highest BCUT2D eigenvalue weighted by atomic mass is 32.2. The number of anilines is 1. The third-order valence-electron chi connectivity index (χ3n) is 5.64. The molecule has 0 aliphatic rings. The smallest absolute Gasteiger partial charge is 0.305 e. The summed E-state index contributed by atoms with van der Waals surface area (Å²) in [5, 5.41) is 13.4. The summed E-state index contributed by atoms with van der Waals surface area (Å²) >= 11 is 0. The van der Waals surface area contributed by atoms with Gasteiger partial charge in [0.2, 0.25) is 0 Å². The Labute approximate surface area is 214 Å². The van der Waals surface area contributed by atoms with Crippen molar-refractivity contribution in [2.75, 3.05) is 10.8 Å². The van der Waals surface area contributed by atoms with E-state index in [9.17, 15) is 22.0 Å². The molecule has 0 aliphatic carbocycles. The number of hydrogen-bond acceptors (Lipinski definition) is 5. The third kappa shape index (κ3) is 5.09. The van der Waals surface area contributed by atoms with Crippen molar-refractivity contribution in [2.45, 2.75) is 24.8 Å². The van der Waals surface area contributed by atoms with E-state index in [1.165, 1.54) is 17.1 Å². The number of benzene rings is 2. The highest BCUT2D eigenvalue weighted by Gasteiger charge is 2.33. The Bertz CT molecular complexity index is 1610. The van der Waals surface area contributed by atoms with Crippen molar-refractivity contribution in [3.63, 3.8) is 0 Å². The summed E-state index contributed by atoms with van der Waals surface area (Å²) < 4.78 is 88.0. The van der Waals surface area contributed by atoms with Crippen LogP contribution in [-0.2, 0) is 21.4 Å². The van der Waals surface area contributed by atoms with Crippen LogP contribution >= 0.6 is 0 Å². The molecule has 0 aliphatic heterocycles. The molecule has 4 rings (SSSR count). The van der Waals surface area contributed by atoms with E-state index in [0.29, 0.717) is 35.9 Å². The number of halogens is 4. The number of aliphatic carboxylic acids is 1. The normalized spacial score (nSPS) is 11.5. The fourth-order valence-electron chi connectivity index (χ4n) is 3.82. The van der Waals surface area contributed by atoms with Gasteiger partial charge in [0.1, 0.15) is 28.0 Å². The van der Waals surface area contributed by atoms with Crippen LogP contribution in [0.3, 0.4) is 0 Å². The molecular weight excluding hydrogens is 528 g/mol. The van der Waals surface area contributed by atoms with Gasteiger partial charge in [-0.15, -0.1) is 0 Å². The molecule has 0 unspecified atom stereocenters. The van der Waals surface area contributed by atoms with E-state index in [2.05, 4.69) is 10.1 Å². The van der Waals surface area contributed by atoms with Crippen LogP contribution in [0, 0.1) is 23.3 Å². The van der Waals surface area contributed by atoms with Gasteiger partial charge in [0.05, 0.1) is 17.7 Å². The number of sulfonamides is 1. The lowest BCUT2D eigenvalue weighted by Gasteiger charge is -2.25. The zero-order valence-corrected chi connectivity index (χ0v) is 20.6. The standard InChI is InChI=1S/C25H20F4N4O4S/c1-2-32-14-17(15-7-10-30-11-8-15)25(31-32)23-19(28)5-6-20(24(23)29)33(12-9-22(34)35)38(36,37)21-13-16(26)3-4-18(21)27/h3-8,10-11,13-14H,2,9,12H2,1H3,(H,34,35). The fraction of sp³-hybridized carbons (Fsp3) is 0.160. The number of nitrogens with zero attached hydrogens (tertiary/aromatic N) is 4. The second-order valence-electron chi connectivity index (χ2n) is 8.03. The van der Waals surface area contributed by atoms with Crippen LogP contribution in [-0.4, -0.2) is 40.8 Å². The zero-order valence-electron chi connectivity index (χ0n) is 19.8. The highest BCUT2D eigenvalue weighted by Crippen LogP contribution is 2.39. The summed E-state index contributed by atoms with van der Waals surface area (Å²) in [4.78, 5) is 14.0. The topological polar surface area (TPSA) is 105 Å². The quantitative estimate of drug-likeness (QED) is 0.300. The lowest BCUT2D eigenvalue weighted by molar-refractivity contribution is -0.136. The maximum absolute atomic E-state index is 16.1. The highest BCUT2D eigenvalue weighted by molar-refractivity contribution is 7.92. The van der Waals surface area contributed by atoms with Gasteiger partial charge in [0.25, 0.3) is 10.0 Å². The molecule has 8 nitrogen and oxygen atoms in total. The first-order valence-electron chi connectivity index (χ1n) is 11.2. The Morgan fingerprint density at radius 3 is 2.37 bits per heavy atom. The largest absolute Gasteiger partial charge is 0.481 e. The van der Waals surface area contributed by atoms with Crippen molar-refractivity contribution in [3.8, 4) is 22.4 Å². The van der Waals surface area contributed by atoms with Gasteiger partial charge < -0.3 is 5.11 Å². The molecular formula is C25H20F4N4O4S. The number of aryl methyl sites for hydroxylation is 1. The first kappa shape index (κ1) is 26.8. The second kappa shape index (κ2) is 10.6. The van der Waals surface area contributed by atoms with E-state index in [1.807, 2.05) is 0 Å². The van der Waals surface area contributed by atoms with Crippen molar-refractivity contribution >= 4 is 21.7 Å². The molecule has 0 saturated heterocycles. The van der Waals surface area contributed by atoms with Crippen molar-refractivity contribution in [1.82, 2.24) is 14.8 Å². The van der Waals surface area contributed by atoms with Crippen LogP contribution in [0.2, 0.25) is 0 Å². The van der Waals surface area contributed by atoms with Crippen LogP contribution in [0.4, 0.5) is 23.2 Å². The second-order valence-corrected chi connectivity index (χ2v) is 9.86. The molecule has 198 valence electrons. The summed E-state index contributed by atoms with van der Waals surface area (Å²) in [7, 11) is -5.04. The molecule has 0 radical (unpaired) electrons. The molecule has 0 amide bonds. The van der Waals surface area contributed by atoms with Crippen LogP contribution in [0.1, 0.15) is 13.3 Å². The van der Waals surface area contributed by atoms with E-state index < -0.39 is 68.4 Å². The average Bonchev–Trinajstić information content (AvgIpc) is 3.31. The Morgan fingerprint density at radius 1 is 1.03 bits per heavy atom. The molecule has 0 atom stereocenters. The van der Waals surface area contributed by atoms with Crippen molar-refractivity contribution in [2.24, 2.45) is 0 Å². The molecule has 4 aromatic rings. The van der Waals surface area contributed by atoms with Crippen LogP contribution in [0.5, 0.6) is 0 Å². The van der Waals surface area contributed by atoms with Crippen LogP contribution in [0.25, 0.3) is 22.4 Å². The minimum Gasteiger partial charge on any atom is -0.481 e. The summed E-state index contributed by atoms with van der Waals surface area (Å²) in [6.07, 6.45) is 3.69. The van der Waals surface area contributed by atoms with Gasteiger partial charge >= 0.3 is 5.97 Å². The maximum atomic E-state index is 16.1. The van der Waals surface area contributed by atoms with E-state index in [1.54, 1.807) is 25.3 Å². The molecule has 13 heteroatoms. The minimum absolute atomic E-state index is 0.151. The number of carbonyl (C=O) groups is 1. The maximum Gasteiger partial charge on any atom is 0.305 e. The van der Waals surface area contributed by atoms with Crippen LogP contribution < -0.4 is 4.31 Å². The predicted molar refractivity (Wildman–Crippen MR) is 130 cm³/mol. The number of carboxylic acids is 1. The van der Waals surface area contributed by atoms with Gasteiger partial charge in [-0.1, -0.05) is 0 Å². The zero-order chi connectivity index (χ0) is 27.6. The van der Waals surface area contributed by atoms with Crippen molar-refractivity contribution in [3.05, 3.63) is 84.3 Å². The predicted octanol–water partition coefficient (Wildman–Crippen LogP) is 4.86. The van der Waals surface area contributed by atoms with E-state index in [4.69, 9.17) is 5.11 Å².